The molecule has 0 saturated heterocycles. The van der Waals surface area contributed by atoms with Gasteiger partial charge in [-0.2, -0.15) is 15.2 Å². The molecule has 0 spiro atoms. The molecule has 218 valence electrons. The number of aryl methyl sites for hydroxylation is 4. The molecule has 0 aliphatic rings. The van der Waals surface area contributed by atoms with Crippen molar-refractivity contribution in [3.05, 3.63) is 120 Å². The summed E-state index contributed by atoms with van der Waals surface area (Å²) in [5.41, 5.74) is 2.57. The number of nitrogens with zero attached hydrogens (tertiary/aromatic N) is 9. The summed E-state index contributed by atoms with van der Waals surface area (Å²) < 4.78 is 7.69. The Labute approximate surface area is 252 Å². The van der Waals surface area contributed by atoms with E-state index in [4.69, 9.17) is 21.3 Å². The Kier molecular flexibility index (Phi) is 8.37. The monoisotopic (exact) mass is 608 g/mol. The maximum absolute atomic E-state index is 12.9. The van der Waals surface area contributed by atoms with Gasteiger partial charge in [-0.1, -0.05) is 23.7 Å². The van der Waals surface area contributed by atoms with E-state index in [1.54, 1.807) is 26.0 Å². The van der Waals surface area contributed by atoms with E-state index >= 15 is 0 Å². The predicted octanol–water partition coefficient (Wildman–Crippen LogP) is 2.56. The summed E-state index contributed by atoms with van der Waals surface area (Å²) in [7, 11) is 0. The maximum Gasteiger partial charge on any atom is 0.437 e. The molecule has 15 heteroatoms. The fourth-order valence-corrected chi connectivity index (χ4v) is 4.53. The van der Waals surface area contributed by atoms with E-state index in [1.807, 2.05) is 24.3 Å². The lowest BCUT2D eigenvalue weighted by Gasteiger charge is -2.06. The Balaban J connectivity index is 0.000000229. The van der Waals surface area contributed by atoms with Crippen LogP contribution in [0, 0.1) is 36.5 Å². The summed E-state index contributed by atoms with van der Waals surface area (Å²) >= 11 is 5.88. The Morgan fingerprint density at radius 1 is 0.909 bits per heavy atom. The molecule has 44 heavy (non-hydrogen) atoms. The van der Waals surface area contributed by atoms with Crippen LogP contribution >= 0.6 is 11.6 Å². The van der Waals surface area contributed by atoms with Crippen molar-refractivity contribution < 1.29 is 4.42 Å². The molecule has 0 aliphatic heterocycles. The third-order valence-electron chi connectivity index (χ3n) is 6.59. The first-order chi connectivity index (χ1) is 21.2. The smallest absolute Gasteiger partial charge is 0.390 e. The van der Waals surface area contributed by atoms with Gasteiger partial charge in [-0.05, 0) is 49.1 Å². The number of hydrogen-bond acceptors (Lipinski definition) is 11. The molecule has 1 aromatic carbocycles. The van der Waals surface area contributed by atoms with Crippen molar-refractivity contribution in [1.29, 1.82) is 10.5 Å². The quantitative estimate of drug-likeness (QED) is 0.301. The minimum atomic E-state index is -0.604. The highest BCUT2D eigenvalue weighted by molar-refractivity contribution is 6.30. The van der Waals surface area contributed by atoms with Crippen LogP contribution in [0.4, 0.5) is 0 Å². The average Bonchev–Trinajstić information content (AvgIpc) is 3.37. The number of nitriles is 2. The molecular weight excluding hydrogens is 588 g/mol. The van der Waals surface area contributed by atoms with Gasteiger partial charge in [-0.15, -0.1) is 5.10 Å². The molecule has 14 nitrogen and oxygen atoms in total. The van der Waals surface area contributed by atoms with E-state index in [2.05, 4.69) is 30.0 Å². The Morgan fingerprint density at radius 3 is 2.20 bits per heavy atom. The van der Waals surface area contributed by atoms with Gasteiger partial charge in [-0.3, -0.25) is 14.2 Å². The van der Waals surface area contributed by atoms with Crippen LogP contribution in [-0.2, 0) is 19.5 Å². The van der Waals surface area contributed by atoms with Crippen molar-refractivity contribution in [3.8, 4) is 12.1 Å². The lowest BCUT2D eigenvalue weighted by molar-refractivity contribution is 0.434. The largest absolute Gasteiger partial charge is 0.437 e. The standard InChI is InChI=1S/C20H15ClN6O3.C9H6N4O/c1-12-9-23-15(8-22)18-17(12)19(28)26(11-24-18)10-16-25-27(20(29)30-16)7-6-13-2-4-14(21)5-3-13;1-5-3-11-6(2-10)8-7(5)9(14)13-4-12-8/h2-5,9,11H,6-7,10H2,1H3;3-4H,1H3,(H,12,13,14). The summed E-state index contributed by atoms with van der Waals surface area (Å²) in [6.45, 7) is 3.74. The molecule has 1 N–H and O–H groups in total. The second-order valence-corrected chi connectivity index (χ2v) is 9.96. The number of halogens is 1. The van der Waals surface area contributed by atoms with Crippen molar-refractivity contribution in [2.45, 2.75) is 33.4 Å². The van der Waals surface area contributed by atoms with Gasteiger partial charge in [0.2, 0.25) is 5.89 Å². The zero-order valence-corrected chi connectivity index (χ0v) is 24.0. The van der Waals surface area contributed by atoms with E-state index in [-0.39, 0.29) is 40.5 Å². The van der Waals surface area contributed by atoms with Gasteiger partial charge < -0.3 is 9.40 Å². The average molecular weight is 609 g/mol. The fraction of sp³-hybridized carbons (Fsp3) is 0.172. The first-order valence-corrected chi connectivity index (χ1v) is 13.4. The molecule has 0 atom stereocenters. The highest BCUT2D eigenvalue weighted by Crippen LogP contribution is 2.15. The highest BCUT2D eigenvalue weighted by Gasteiger charge is 2.15. The molecule has 5 heterocycles. The van der Waals surface area contributed by atoms with E-state index < -0.39 is 5.76 Å². The Bertz CT molecular complexity index is 2290. The first-order valence-electron chi connectivity index (χ1n) is 13.0. The SMILES string of the molecule is Cc1cnc(C#N)c2nc[nH]c(=O)c12.Cc1cnc(C#N)c2ncn(Cc3nn(CCc4ccc(Cl)cc4)c(=O)o3)c(=O)c12. The summed E-state index contributed by atoms with van der Waals surface area (Å²) in [6.07, 6.45) is 6.09. The lowest BCUT2D eigenvalue weighted by Crippen LogP contribution is -2.22. The van der Waals surface area contributed by atoms with Gasteiger partial charge in [0.25, 0.3) is 11.1 Å². The van der Waals surface area contributed by atoms with Crippen LogP contribution in [0.2, 0.25) is 5.02 Å². The van der Waals surface area contributed by atoms with Crippen LogP contribution in [0.15, 0.2) is 68.1 Å². The molecule has 0 radical (unpaired) electrons. The van der Waals surface area contributed by atoms with Gasteiger partial charge in [-0.25, -0.2) is 24.7 Å². The molecule has 0 unspecified atom stereocenters. The lowest BCUT2D eigenvalue weighted by atomic mass is 10.1. The molecule has 0 fully saturated rings. The molecule has 5 aromatic heterocycles. The van der Waals surface area contributed by atoms with Gasteiger partial charge in [0.05, 0.1) is 30.0 Å². The van der Waals surface area contributed by atoms with Crippen LogP contribution in [0.25, 0.3) is 21.8 Å². The fourth-order valence-electron chi connectivity index (χ4n) is 4.41. The normalized spacial score (nSPS) is 10.7. The van der Waals surface area contributed by atoms with E-state index in [9.17, 15) is 19.6 Å². The Morgan fingerprint density at radius 2 is 1.55 bits per heavy atom. The summed E-state index contributed by atoms with van der Waals surface area (Å²) in [4.78, 5) is 54.9. The second-order valence-electron chi connectivity index (χ2n) is 9.52. The zero-order chi connectivity index (χ0) is 31.4. The number of fused-ring (bicyclic) bond motifs is 2. The Hall–Kier alpha value is -5.99. The molecule has 0 bridgehead atoms. The number of aromatic amines is 1. The number of nitrogens with one attached hydrogen (secondary N) is 1. The van der Waals surface area contributed by atoms with Gasteiger partial charge in [0.15, 0.2) is 11.4 Å². The summed E-state index contributed by atoms with van der Waals surface area (Å²) in [5.74, 6) is -0.514. The molecule has 0 amide bonds. The van der Waals surface area contributed by atoms with E-state index in [0.717, 1.165) is 5.56 Å². The summed E-state index contributed by atoms with van der Waals surface area (Å²) in [6, 6.07) is 11.1. The molecule has 6 rings (SSSR count). The number of benzene rings is 1. The van der Waals surface area contributed by atoms with Crippen LogP contribution in [-0.4, -0.2) is 39.3 Å². The van der Waals surface area contributed by atoms with Crippen molar-refractivity contribution >= 4 is 33.4 Å². The van der Waals surface area contributed by atoms with Crippen LogP contribution in [0.3, 0.4) is 0 Å². The van der Waals surface area contributed by atoms with Crippen LogP contribution < -0.4 is 16.9 Å². The molecule has 0 aliphatic carbocycles. The number of hydrogen-bond donors (Lipinski definition) is 1. The topological polar surface area (TPSA) is 202 Å². The third kappa shape index (κ3) is 5.97. The molecular formula is C29H21ClN10O4. The van der Waals surface area contributed by atoms with Crippen LogP contribution in [0.5, 0.6) is 0 Å². The van der Waals surface area contributed by atoms with E-state index in [0.29, 0.717) is 45.4 Å². The number of rotatable bonds is 5. The zero-order valence-electron chi connectivity index (χ0n) is 23.3. The van der Waals surface area contributed by atoms with Crippen LogP contribution in [0.1, 0.15) is 34.0 Å². The highest BCUT2D eigenvalue weighted by atomic mass is 35.5. The number of pyridine rings is 2. The minimum absolute atomic E-state index is 0.0609. The molecule has 6 aromatic rings. The van der Waals surface area contributed by atoms with Crippen molar-refractivity contribution in [3.63, 3.8) is 0 Å². The maximum atomic E-state index is 12.9. The van der Waals surface area contributed by atoms with Crippen molar-refractivity contribution in [1.82, 2.24) is 39.3 Å². The van der Waals surface area contributed by atoms with Gasteiger partial charge >= 0.3 is 5.76 Å². The van der Waals surface area contributed by atoms with Crippen molar-refractivity contribution in [2.75, 3.05) is 0 Å². The van der Waals surface area contributed by atoms with Gasteiger partial charge in [0.1, 0.15) is 29.7 Å². The van der Waals surface area contributed by atoms with E-state index in [1.165, 1.54) is 34.3 Å². The third-order valence-corrected chi connectivity index (χ3v) is 6.85. The number of aromatic nitrogens is 8. The summed E-state index contributed by atoms with van der Waals surface area (Å²) in [5, 5.41) is 23.5. The first kappa shape index (κ1) is 29.5. The second kappa shape index (κ2) is 12.5. The predicted molar refractivity (Wildman–Crippen MR) is 158 cm³/mol. The minimum Gasteiger partial charge on any atom is -0.390 e. The van der Waals surface area contributed by atoms with Gasteiger partial charge in [0, 0.05) is 17.4 Å². The van der Waals surface area contributed by atoms with Crippen molar-refractivity contribution in [2.24, 2.45) is 0 Å². The molecule has 0 saturated carbocycles. The number of H-pyrrole nitrogens is 1.